The van der Waals surface area contributed by atoms with Crippen LogP contribution < -0.4 is 0 Å². The first-order valence-corrected chi connectivity index (χ1v) is 8.85. The van der Waals surface area contributed by atoms with E-state index in [2.05, 4.69) is 34.0 Å². The summed E-state index contributed by atoms with van der Waals surface area (Å²) < 4.78 is 5.29. The zero-order chi connectivity index (χ0) is 18.6. The molecule has 4 rings (SSSR count). The number of halogens is 1. The maximum absolute atomic E-state index is 6.01. The molecule has 0 bridgehead atoms. The first-order chi connectivity index (χ1) is 13.2. The minimum absolute atomic E-state index is 0.370. The van der Waals surface area contributed by atoms with Gasteiger partial charge in [0.1, 0.15) is 5.76 Å². The molecule has 27 heavy (non-hydrogen) atoms. The topological polar surface area (TPSA) is 51.3 Å². The van der Waals surface area contributed by atoms with Crippen molar-refractivity contribution in [2.75, 3.05) is 0 Å². The predicted molar refractivity (Wildman–Crippen MR) is 109 cm³/mol. The third kappa shape index (κ3) is 4.13. The molecule has 4 nitrogen and oxygen atoms in total. The second kappa shape index (κ2) is 7.56. The number of benzene rings is 2. The predicted octanol–water partition coefficient (Wildman–Crippen LogP) is 6.12. The van der Waals surface area contributed by atoms with E-state index in [1.807, 2.05) is 54.6 Å². The minimum Gasteiger partial charge on any atom is -0.463 e. The van der Waals surface area contributed by atoms with Gasteiger partial charge in [-0.2, -0.15) is 0 Å². The molecule has 5 heteroatoms. The molecule has 0 N–H and O–H groups in total. The summed E-state index contributed by atoms with van der Waals surface area (Å²) in [6, 6.07) is 21.4. The van der Waals surface area contributed by atoms with E-state index in [1.165, 1.54) is 5.56 Å². The fourth-order valence-electron chi connectivity index (χ4n) is 2.62. The molecule has 2 heterocycles. The van der Waals surface area contributed by atoms with E-state index in [-0.39, 0.29) is 0 Å². The molecule has 0 fully saturated rings. The average molecular weight is 374 g/mol. The molecule has 0 saturated carbocycles. The number of furan rings is 1. The van der Waals surface area contributed by atoms with E-state index >= 15 is 0 Å². The molecule has 4 aromatic rings. The van der Waals surface area contributed by atoms with Gasteiger partial charge in [-0.1, -0.05) is 53.6 Å². The van der Waals surface area contributed by atoms with Crippen molar-refractivity contribution in [2.45, 2.75) is 6.92 Å². The summed E-state index contributed by atoms with van der Waals surface area (Å²) in [5.74, 6) is 1.02. The van der Waals surface area contributed by atoms with Crippen molar-refractivity contribution in [1.82, 2.24) is 9.97 Å². The van der Waals surface area contributed by atoms with E-state index in [1.54, 1.807) is 12.5 Å². The molecule has 0 radical (unpaired) electrons. The quantitative estimate of drug-likeness (QED) is 0.405. The van der Waals surface area contributed by atoms with Gasteiger partial charge < -0.3 is 4.42 Å². The number of aromatic nitrogens is 2. The van der Waals surface area contributed by atoms with E-state index in [0.29, 0.717) is 16.7 Å². The largest absolute Gasteiger partial charge is 0.463 e. The van der Waals surface area contributed by atoms with Crippen molar-refractivity contribution in [1.29, 1.82) is 0 Å². The summed E-state index contributed by atoms with van der Waals surface area (Å²) in [6.07, 6.45) is 3.21. The highest BCUT2D eigenvalue weighted by molar-refractivity contribution is 6.30. The van der Waals surface area contributed by atoms with Gasteiger partial charge in [-0.05, 0) is 37.3 Å². The summed E-state index contributed by atoms with van der Waals surface area (Å²) in [5.41, 5.74) is 4.74. The minimum atomic E-state index is 0.370. The number of aryl methyl sites for hydroxylation is 1. The van der Waals surface area contributed by atoms with Crippen LogP contribution in [0.4, 0.5) is 5.95 Å². The van der Waals surface area contributed by atoms with E-state index in [9.17, 15) is 0 Å². The molecule has 2 aromatic heterocycles. The number of nitrogens with zero attached hydrogens (tertiary/aromatic N) is 3. The van der Waals surface area contributed by atoms with Crippen LogP contribution in [0.2, 0.25) is 5.02 Å². The SMILES string of the molecule is Cc1ccc(-c2cc(-c3ccc(Cl)cc3)nc(/N=C/c3ccco3)n2)cc1. The van der Waals surface area contributed by atoms with E-state index in [0.717, 1.165) is 22.5 Å². The zero-order valence-corrected chi connectivity index (χ0v) is 15.4. The average Bonchev–Trinajstić information content (AvgIpc) is 3.21. The Labute approximate surface area is 162 Å². The van der Waals surface area contributed by atoms with Crippen molar-refractivity contribution >= 4 is 23.8 Å². The molecule has 2 aromatic carbocycles. The van der Waals surface area contributed by atoms with Crippen LogP contribution in [0.15, 0.2) is 82.4 Å². The van der Waals surface area contributed by atoms with Crippen molar-refractivity contribution in [3.05, 3.63) is 89.3 Å². The fraction of sp³-hybridized carbons (Fsp3) is 0.0455. The lowest BCUT2D eigenvalue weighted by Gasteiger charge is -2.07. The lowest BCUT2D eigenvalue weighted by molar-refractivity contribution is 0.560. The van der Waals surface area contributed by atoms with Gasteiger partial charge in [0.05, 0.1) is 23.9 Å². The van der Waals surface area contributed by atoms with E-state index < -0.39 is 0 Å². The van der Waals surface area contributed by atoms with Crippen LogP contribution >= 0.6 is 11.6 Å². The molecular weight excluding hydrogens is 358 g/mol. The maximum Gasteiger partial charge on any atom is 0.250 e. The Hall–Kier alpha value is -3.24. The first-order valence-electron chi connectivity index (χ1n) is 8.47. The summed E-state index contributed by atoms with van der Waals surface area (Å²) >= 11 is 6.01. The van der Waals surface area contributed by atoms with Crippen molar-refractivity contribution < 1.29 is 4.42 Å². The Morgan fingerprint density at radius 2 is 1.52 bits per heavy atom. The van der Waals surface area contributed by atoms with Crippen LogP contribution in [0.5, 0.6) is 0 Å². The van der Waals surface area contributed by atoms with Gasteiger partial charge in [0, 0.05) is 16.1 Å². The second-order valence-electron chi connectivity index (χ2n) is 6.08. The van der Waals surface area contributed by atoms with Crippen LogP contribution in [-0.4, -0.2) is 16.2 Å². The normalized spacial score (nSPS) is 11.2. The molecule has 132 valence electrons. The monoisotopic (exact) mass is 373 g/mol. The van der Waals surface area contributed by atoms with Gasteiger partial charge in [-0.15, -0.1) is 0 Å². The fourth-order valence-corrected chi connectivity index (χ4v) is 2.75. The maximum atomic E-state index is 6.01. The number of aliphatic imine (C=N–C) groups is 1. The third-order valence-corrected chi connectivity index (χ3v) is 4.30. The van der Waals surface area contributed by atoms with Gasteiger partial charge in [0.25, 0.3) is 5.95 Å². The first kappa shape index (κ1) is 17.2. The molecule has 0 unspecified atom stereocenters. The van der Waals surface area contributed by atoms with Gasteiger partial charge in [0.15, 0.2) is 0 Å². The smallest absolute Gasteiger partial charge is 0.250 e. The highest BCUT2D eigenvalue weighted by Crippen LogP contribution is 2.27. The standard InChI is InChI=1S/C22H16ClN3O/c1-15-4-6-16(7-5-15)20-13-21(17-8-10-18(23)11-9-17)26-22(25-20)24-14-19-3-2-12-27-19/h2-14H,1H3/b24-14+. The summed E-state index contributed by atoms with van der Waals surface area (Å²) in [6.45, 7) is 2.06. The lowest BCUT2D eigenvalue weighted by atomic mass is 10.1. The Morgan fingerprint density at radius 3 is 2.11 bits per heavy atom. The van der Waals surface area contributed by atoms with Gasteiger partial charge >= 0.3 is 0 Å². The molecule has 0 aliphatic rings. The second-order valence-corrected chi connectivity index (χ2v) is 6.52. The highest BCUT2D eigenvalue weighted by atomic mass is 35.5. The van der Waals surface area contributed by atoms with Crippen LogP contribution in [-0.2, 0) is 0 Å². The number of rotatable bonds is 4. The van der Waals surface area contributed by atoms with Crippen LogP contribution in [0, 0.1) is 6.92 Å². The molecule has 0 atom stereocenters. The Morgan fingerprint density at radius 1 is 0.889 bits per heavy atom. The van der Waals surface area contributed by atoms with Gasteiger partial charge in [0.2, 0.25) is 0 Å². The van der Waals surface area contributed by atoms with Crippen molar-refractivity contribution in [2.24, 2.45) is 4.99 Å². The molecule has 0 aliphatic heterocycles. The van der Waals surface area contributed by atoms with Crippen molar-refractivity contribution in [3.8, 4) is 22.5 Å². The number of hydrogen-bond donors (Lipinski definition) is 0. The summed E-state index contributed by atoms with van der Waals surface area (Å²) in [4.78, 5) is 13.6. The summed E-state index contributed by atoms with van der Waals surface area (Å²) in [7, 11) is 0. The molecule has 0 amide bonds. The van der Waals surface area contributed by atoms with Crippen LogP contribution in [0.3, 0.4) is 0 Å². The van der Waals surface area contributed by atoms with Crippen LogP contribution in [0.1, 0.15) is 11.3 Å². The van der Waals surface area contributed by atoms with Gasteiger partial charge in [-0.3, -0.25) is 0 Å². The Balaban J connectivity index is 1.80. The molecule has 0 aliphatic carbocycles. The van der Waals surface area contributed by atoms with Gasteiger partial charge in [-0.25, -0.2) is 15.0 Å². The van der Waals surface area contributed by atoms with Crippen molar-refractivity contribution in [3.63, 3.8) is 0 Å². The molecule has 0 saturated heterocycles. The summed E-state index contributed by atoms with van der Waals surface area (Å²) in [5, 5.41) is 0.683. The Bertz CT molecular complexity index is 1010. The molecular formula is C22H16ClN3O. The molecule has 0 spiro atoms. The van der Waals surface area contributed by atoms with E-state index in [4.69, 9.17) is 16.0 Å². The van der Waals surface area contributed by atoms with Crippen LogP contribution in [0.25, 0.3) is 22.5 Å². The lowest BCUT2D eigenvalue weighted by Crippen LogP contribution is -1.92. The number of hydrogen-bond acceptors (Lipinski definition) is 4. The highest BCUT2D eigenvalue weighted by Gasteiger charge is 2.08. The third-order valence-electron chi connectivity index (χ3n) is 4.05. The zero-order valence-electron chi connectivity index (χ0n) is 14.6. The Kier molecular flexibility index (Phi) is 4.81.